The number of aryl methyl sites for hydroxylation is 2. The van der Waals surface area contributed by atoms with Gasteiger partial charge in [0.2, 0.25) is 0 Å². The number of hydrogen-bond donors (Lipinski definition) is 2. The number of halogens is 1. The average molecular weight is 488 g/mol. The van der Waals surface area contributed by atoms with Gasteiger partial charge in [-0.05, 0) is 18.6 Å². The third-order valence-corrected chi connectivity index (χ3v) is 5.01. The van der Waals surface area contributed by atoms with Crippen LogP contribution in [0.4, 0.5) is 0 Å². The number of nitrogens with zero attached hydrogens (tertiary/aromatic N) is 2. The van der Waals surface area contributed by atoms with Gasteiger partial charge in [-0.1, -0.05) is 44.1 Å². The lowest BCUT2D eigenvalue weighted by Gasteiger charge is -2.16. The maximum absolute atomic E-state index is 5.41. The fraction of sp³-hybridized carbons (Fsp3) is 0.474. The van der Waals surface area contributed by atoms with Crippen molar-refractivity contribution >= 4 is 41.7 Å². The molecule has 0 spiro atoms. The van der Waals surface area contributed by atoms with E-state index in [1.165, 1.54) is 4.90 Å². The minimum atomic E-state index is 0. The van der Waals surface area contributed by atoms with Crippen molar-refractivity contribution < 1.29 is 4.52 Å². The molecule has 1 atom stereocenters. The number of benzene rings is 1. The molecule has 0 aliphatic rings. The molecule has 0 radical (unpaired) electrons. The van der Waals surface area contributed by atoms with E-state index in [9.17, 15) is 0 Å². The highest BCUT2D eigenvalue weighted by molar-refractivity contribution is 14.0. The van der Waals surface area contributed by atoms with E-state index in [2.05, 4.69) is 65.8 Å². The highest BCUT2D eigenvalue weighted by atomic mass is 127. The molecule has 0 saturated heterocycles. The van der Waals surface area contributed by atoms with E-state index in [0.717, 1.165) is 42.4 Å². The SMILES string of the molecule is CCc1noc(CC)c1CNC(=NC)NCC(C)Sc1ccccc1.I. The largest absolute Gasteiger partial charge is 0.361 e. The summed E-state index contributed by atoms with van der Waals surface area (Å²) in [5.74, 6) is 1.75. The Hall–Kier alpha value is -1.22. The Morgan fingerprint density at radius 2 is 1.92 bits per heavy atom. The summed E-state index contributed by atoms with van der Waals surface area (Å²) in [5, 5.41) is 11.4. The smallest absolute Gasteiger partial charge is 0.191 e. The van der Waals surface area contributed by atoms with Gasteiger partial charge in [-0.2, -0.15) is 0 Å². The van der Waals surface area contributed by atoms with E-state index in [0.29, 0.717) is 11.8 Å². The van der Waals surface area contributed by atoms with Crippen molar-refractivity contribution in [1.29, 1.82) is 0 Å². The molecule has 1 aromatic heterocycles. The van der Waals surface area contributed by atoms with Gasteiger partial charge in [-0.15, -0.1) is 35.7 Å². The molecular weight excluding hydrogens is 459 g/mol. The summed E-state index contributed by atoms with van der Waals surface area (Å²) in [6.45, 7) is 7.90. The Morgan fingerprint density at radius 3 is 2.54 bits per heavy atom. The van der Waals surface area contributed by atoms with Crippen LogP contribution in [0.15, 0.2) is 44.7 Å². The maximum Gasteiger partial charge on any atom is 0.191 e. The summed E-state index contributed by atoms with van der Waals surface area (Å²) in [6, 6.07) is 10.5. The fourth-order valence-corrected chi connectivity index (χ4v) is 3.49. The summed E-state index contributed by atoms with van der Waals surface area (Å²) in [5.41, 5.74) is 2.17. The van der Waals surface area contributed by atoms with Gasteiger partial charge < -0.3 is 15.2 Å². The number of aromatic nitrogens is 1. The van der Waals surface area contributed by atoms with Gasteiger partial charge in [-0.3, -0.25) is 4.99 Å². The van der Waals surface area contributed by atoms with E-state index >= 15 is 0 Å². The molecule has 0 bridgehead atoms. The minimum Gasteiger partial charge on any atom is -0.361 e. The van der Waals surface area contributed by atoms with Gasteiger partial charge in [0, 0.05) is 42.3 Å². The molecule has 7 heteroatoms. The summed E-state index contributed by atoms with van der Waals surface area (Å²) in [4.78, 5) is 5.59. The maximum atomic E-state index is 5.41. The average Bonchev–Trinajstić information content (AvgIpc) is 3.04. The highest BCUT2D eigenvalue weighted by Crippen LogP contribution is 2.22. The fourth-order valence-electron chi connectivity index (χ4n) is 2.54. The molecule has 2 N–H and O–H groups in total. The number of rotatable bonds is 8. The second-order valence-corrected chi connectivity index (χ2v) is 7.30. The van der Waals surface area contributed by atoms with Crippen LogP contribution in [-0.2, 0) is 19.4 Å². The van der Waals surface area contributed by atoms with Gasteiger partial charge in [0.1, 0.15) is 5.76 Å². The molecule has 2 aromatic rings. The van der Waals surface area contributed by atoms with Gasteiger partial charge in [0.15, 0.2) is 5.96 Å². The van der Waals surface area contributed by atoms with E-state index < -0.39 is 0 Å². The molecule has 2 rings (SSSR count). The molecule has 0 fully saturated rings. The lowest BCUT2D eigenvalue weighted by atomic mass is 10.1. The molecule has 1 aromatic carbocycles. The number of thioether (sulfide) groups is 1. The van der Waals surface area contributed by atoms with Crippen molar-refractivity contribution in [1.82, 2.24) is 15.8 Å². The Kier molecular flexibility index (Phi) is 10.7. The van der Waals surface area contributed by atoms with Gasteiger partial charge in [0.05, 0.1) is 5.69 Å². The topological polar surface area (TPSA) is 62.5 Å². The van der Waals surface area contributed by atoms with Gasteiger partial charge >= 0.3 is 0 Å². The first-order valence-electron chi connectivity index (χ1n) is 8.80. The molecule has 0 saturated carbocycles. The van der Waals surface area contributed by atoms with Crippen LogP contribution in [0.5, 0.6) is 0 Å². The molecule has 144 valence electrons. The zero-order valence-electron chi connectivity index (χ0n) is 15.9. The lowest BCUT2D eigenvalue weighted by Crippen LogP contribution is -2.39. The van der Waals surface area contributed by atoms with E-state index in [-0.39, 0.29) is 24.0 Å². The number of aliphatic imine (C=N–C) groups is 1. The summed E-state index contributed by atoms with van der Waals surface area (Å²) in [7, 11) is 1.79. The van der Waals surface area contributed by atoms with Crippen LogP contribution in [0, 0.1) is 0 Å². The second kappa shape index (κ2) is 12.2. The van der Waals surface area contributed by atoms with E-state index in [4.69, 9.17) is 4.52 Å². The molecular formula is C19H29IN4OS. The zero-order chi connectivity index (χ0) is 18.1. The summed E-state index contributed by atoms with van der Waals surface area (Å²) >= 11 is 1.85. The van der Waals surface area contributed by atoms with Crippen LogP contribution in [0.1, 0.15) is 37.8 Å². The second-order valence-electron chi connectivity index (χ2n) is 5.79. The first-order valence-corrected chi connectivity index (χ1v) is 9.68. The van der Waals surface area contributed by atoms with E-state index in [1.807, 2.05) is 17.8 Å². The predicted octanol–water partition coefficient (Wildman–Crippen LogP) is 4.26. The van der Waals surface area contributed by atoms with Crippen LogP contribution >= 0.6 is 35.7 Å². The van der Waals surface area contributed by atoms with Gasteiger partial charge in [0.25, 0.3) is 0 Å². The number of hydrogen-bond acceptors (Lipinski definition) is 4. The van der Waals surface area contributed by atoms with E-state index in [1.54, 1.807) is 7.05 Å². The third kappa shape index (κ3) is 6.83. The van der Waals surface area contributed by atoms with Crippen LogP contribution in [0.3, 0.4) is 0 Å². The van der Waals surface area contributed by atoms with Crippen molar-refractivity contribution in [2.24, 2.45) is 4.99 Å². The highest BCUT2D eigenvalue weighted by Gasteiger charge is 2.14. The predicted molar refractivity (Wildman–Crippen MR) is 121 cm³/mol. The first kappa shape index (κ1) is 22.8. The zero-order valence-corrected chi connectivity index (χ0v) is 19.1. The van der Waals surface area contributed by atoms with Crippen LogP contribution in [-0.4, -0.2) is 30.0 Å². The number of guanidine groups is 1. The van der Waals surface area contributed by atoms with Crippen LogP contribution < -0.4 is 10.6 Å². The van der Waals surface area contributed by atoms with Crippen molar-refractivity contribution in [3.05, 3.63) is 47.3 Å². The summed E-state index contributed by atoms with van der Waals surface area (Å²) in [6.07, 6.45) is 1.72. The Morgan fingerprint density at radius 1 is 1.19 bits per heavy atom. The molecule has 0 aliphatic carbocycles. The number of nitrogens with one attached hydrogen (secondary N) is 2. The summed E-state index contributed by atoms with van der Waals surface area (Å²) < 4.78 is 5.41. The third-order valence-electron chi connectivity index (χ3n) is 3.90. The van der Waals surface area contributed by atoms with Crippen molar-refractivity contribution in [3.63, 3.8) is 0 Å². The van der Waals surface area contributed by atoms with Crippen LogP contribution in [0.2, 0.25) is 0 Å². The van der Waals surface area contributed by atoms with Crippen LogP contribution in [0.25, 0.3) is 0 Å². The Labute approximate surface area is 177 Å². The van der Waals surface area contributed by atoms with Crippen molar-refractivity contribution in [2.75, 3.05) is 13.6 Å². The molecule has 1 unspecified atom stereocenters. The van der Waals surface area contributed by atoms with Crippen molar-refractivity contribution in [2.45, 2.75) is 50.3 Å². The quantitative estimate of drug-likeness (QED) is 0.252. The molecule has 1 heterocycles. The standard InChI is InChI=1S/C19H28N4OS.HI/c1-5-17-16(18(6-2)24-23-17)13-22-19(20-4)21-12-14(3)25-15-10-8-7-9-11-15;/h7-11,14H,5-6,12-13H2,1-4H3,(H2,20,21,22);1H. The molecule has 0 amide bonds. The monoisotopic (exact) mass is 488 g/mol. The van der Waals surface area contributed by atoms with Crippen molar-refractivity contribution in [3.8, 4) is 0 Å². The molecule has 0 aliphatic heterocycles. The molecule has 5 nitrogen and oxygen atoms in total. The molecule has 26 heavy (non-hydrogen) atoms. The lowest BCUT2D eigenvalue weighted by molar-refractivity contribution is 0.380. The van der Waals surface area contributed by atoms with Gasteiger partial charge in [-0.25, -0.2) is 0 Å². The first-order chi connectivity index (χ1) is 12.2. The Balaban J connectivity index is 0.00000338. The minimum absolute atomic E-state index is 0. The Bertz CT molecular complexity index is 654. The normalized spacial score (nSPS) is 12.4.